The number of hydrogen-bond donors (Lipinski definition) is 1. The Morgan fingerprint density at radius 3 is 2.79 bits per heavy atom. The third-order valence-corrected chi connectivity index (χ3v) is 4.71. The molecule has 0 aliphatic carbocycles. The quantitative estimate of drug-likeness (QED) is 0.840. The summed E-state index contributed by atoms with van der Waals surface area (Å²) in [6, 6.07) is 0. The summed E-state index contributed by atoms with van der Waals surface area (Å²) < 4.78 is 33.4. The van der Waals surface area contributed by atoms with E-state index in [-0.39, 0.29) is 18.5 Å². The highest BCUT2D eigenvalue weighted by molar-refractivity contribution is 7.90. The first-order valence-corrected chi connectivity index (χ1v) is 8.26. The Kier molecular flexibility index (Phi) is 4.54. The largest absolute Gasteiger partial charge is 0.368 e. The molecular weight excluding hydrogens is 270 g/mol. The summed E-state index contributed by atoms with van der Waals surface area (Å²) in [6.45, 7) is 3.67. The van der Waals surface area contributed by atoms with Gasteiger partial charge in [0.1, 0.15) is 11.9 Å². The van der Waals surface area contributed by atoms with Gasteiger partial charge in [-0.05, 0) is 32.9 Å². The lowest BCUT2D eigenvalue weighted by Crippen LogP contribution is -2.32. The molecule has 2 heterocycles. The minimum absolute atomic E-state index is 0.186. The lowest BCUT2D eigenvalue weighted by molar-refractivity contribution is 0.00859. The fraction of sp³-hybridized carbons (Fsp3) is 0.818. The molecule has 1 fully saturated rings. The number of nitrogens with one attached hydrogen (secondary N) is 1. The van der Waals surface area contributed by atoms with E-state index in [1.54, 1.807) is 0 Å². The van der Waals surface area contributed by atoms with Crippen molar-refractivity contribution in [2.75, 3.05) is 19.3 Å². The van der Waals surface area contributed by atoms with Gasteiger partial charge in [-0.2, -0.15) is 4.98 Å². The molecule has 1 N–H and O–H groups in total. The summed E-state index contributed by atoms with van der Waals surface area (Å²) >= 11 is 0. The van der Waals surface area contributed by atoms with Gasteiger partial charge >= 0.3 is 0 Å². The highest BCUT2D eigenvalue weighted by Crippen LogP contribution is 2.18. The second-order valence-corrected chi connectivity index (χ2v) is 7.14. The Hall–Kier alpha value is -0.990. The van der Waals surface area contributed by atoms with Crippen LogP contribution in [0, 0.1) is 0 Å². The zero-order valence-corrected chi connectivity index (χ0v) is 11.9. The van der Waals surface area contributed by atoms with E-state index < -0.39 is 15.1 Å². The van der Waals surface area contributed by atoms with Gasteiger partial charge in [0.25, 0.3) is 5.89 Å². The highest BCUT2D eigenvalue weighted by atomic mass is 32.2. The van der Waals surface area contributed by atoms with Crippen LogP contribution in [0.4, 0.5) is 0 Å². The minimum atomic E-state index is -3.21. The number of sulfone groups is 1. The van der Waals surface area contributed by atoms with Gasteiger partial charge in [0.2, 0.25) is 0 Å². The standard InChI is InChI=1S/C11H19N3O4S/c1-8(19(2,15)16)11-13-10(18-14-11)7-17-9-3-5-12-6-4-9/h8-9,12H,3-7H2,1-2H3. The van der Waals surface area contributed by atoms with Crippen molar-refractivity contribution >= 4 is 9.84 Å². The maximum atomic E-state index is 11.4. The second-order valence-electron chi connectivity index (χ2n) is 4.78. The van der Waals surface area contributed by atoms with E-state index in [0.717, 1.165) is 32.2 Å². The fourth-order valence-electron chi connectivity index (χ4n) is 1.83. The topological polar surface area (TPSA) is 94.3 Å². The van der Waals surface area contributed by atoms with Crippen LogP contribution in [-0.2, 0) is 21.2 Å². The zero-order valence-electron chi connectivity index (χ0n) is 11.1. The van der Waals surface area contributed by atoms with Gasteiger partial charge in [-0.25, -0.2) is 8.42 Å². The van der Waals surface area contributed by atoms with Crippen LogP contribution in [0.15, 0.2) is 4.52 Å². The van der Waals surface area contributed by atoms with Crippen molar-refractivity contribution in [1.82, 2.24) is 15.5 Å². The molecule has 0 bridgehead atoms. The molecule has 1 unspecified atom stereocenters. The van der Waals surface area contributed by atoms with Crippen molar-refractivity contribution in [2.24, 2.45) is 0 Å². The third kappa shape index (κ3) is 3.99. The smallest absolute Gasteiger partial charge is 0.252 e. The van der Waals surface area contributed by atoms with E-state index in [9.17, 15) is 8.42 Å². The van der Waals surface area contributed by atoms with Crippen molar-refractivity contribution in [3.05, 3.63) is 11.7 Å². The lowest BCUT2D eigenvalue weighted by atomic mass is 10.1. The van der Waals surface area contributed by atoms with Crippen LogP contribution in [0.1, 0.15) is 36.7 Å². The summed E-state index contributed by atoms with van der Waals surface area (Å²) in [5.74, 6) is 0.510. The summed E-state index contributed by atoms with van der Waals surface area (Å²) in [4.78, 5) is 4.06. The Balaban J connectivity index is 1.90. The van der Waals surface area contributed by atoms with Crippen LogP contribution in [0.3, 0.4) is 0 Å². The van der Waals surface area contributed by atoms with Crippen LogP contribution < -0.4 is 5.32 Å². The fourth-order valence-corrected chi connectivity index (χ4v) is 2.31. The molecule has 108 valence electrons. The number of piperidine rings is 1. The summed E-state index contributed by atoms with van der Waals surface area (Å²) in [6.07, 6.45) is 3.27. The van der Waals surface area contributed by atoms with Gasteiger partial charge in [0.05, 0.1) is 6.10 Å². The van der Waals surface area contributed by atoms with Gasteiger partial charge in [0.15, 0.2) is 15.7 Å². The van der Waals surface area contributed by atoms with Gasteiger partial charge < -0.3 is 14.6 Å². The molecule has 0 spiro atoms. The minimum Gasteiger partial charge on any atom is -0.368 e. The molecule has 1 atom stereocenters. The number of hydrogen-bond acceptors (Lipinski definition) is 7. The van der Waals surface area contributed by atoms with Crippen molar-refractivity contribution < 1.29 is 17.7 Å². The zero-order chi connectivity index (χ0) is 13.9. The molecule has 0 amide bonds. The molecule has 1 aromatic rings. The third-order valence-electron chi connectivity index (χ3n) is 3.22. The maximum absolute atomic E-state index is 11.4. The molecule has 1 aliphatic heterocycles. The van der Waals surface area contributed by atoms with Crippen LogP contribution in [0.2, 0.25) is 0 Å². The predicted molar refractivity (Wildman–Crippen MR) is 68.2 cm³/mol. The maximum Gasteiger partial charge on any atom is 0.252 e. The van der Waals surface area contributed by atoms with Crippen LogP contribution in [0.25, 0.3) is 0 Å². The van der Waals surface area contributed by atoms with Crippen molar-refractivity contribution in [2.45, 2.75) is 37.7 Å². The number of nitrogens with zero attached hydrogens (tertiary/aromatic N) is 2. The molecule has 0 saturated carbocycles. The molecule has 1 saturated heterocycles. The molecule has 1 aliphatic rings. The number of aromatic nitrogens is 2. The van der Waals surface area contributed by atoms with E-state index in [4.69, 9.17) is 9.26 Å². The highest BCUT2D eigenvalue weighted by Gasteiger charge is 2.23. The van der Waals surface area contributed by atoms with Crippen LogP contribution in [0.5, 0.6) is 0 Å². The Labute approximate surface area is 112 Å². The van der Waals surface area contributed by atoms with Crippen LogP contribution in [-0.4, -0.2) is 44.0 Å². The molecule has 0 radical (unpaired) electrons. The summed E-state index contributed by atoms with van der Waals surface area (Å²) in [7, 11) is -3.21. The average Bonchev–Trinajstić information content (AvgIpc) is 2.84. The molecule has 2 rings (SSSR count). The van der Waals surface area contributed by atoms with Gasteiger partial charge in [0, 0.05) is 6.26 Å². The number of rotatable bonds is 5. The summed E-state index contributed by atoms with van der Waals surface area (Å²) in [5.41, 5.74) is 0. The Bertz CT molecular complexity index is 508. The van der Waals surface area contributed by atoms with Gasteiger partial charge in [-0.15, -0.1) is 0 Å². The van der Waals surface area contributed by atoms with E-state index in [1.807, 2.05) is 0 Å². The van der Waals surface area contributed by atoms with E-state index in [2.05, 4.69) is 15.5 Å². The summed E-state index contributed by atoms with van der Waals surface area (Å²) in [5, 5.41) is 6.18. The van der Waals surface area contributed by atoms with Crippen molar-refractivity contribution in [3.63, 3.8) is 0 Å². The molecule has 0 aromatic carbocycles. The average molecular weight is 289 g/mol. The first kappa shape index (κ1) is 14.4. The van der Waals surface area contributed by atoms with Crippen molar-refractivity contribution in [1.29, 1.82) is 0 Å². The molecular formula is C11H19N3O4S. The number of ether oxygens (including phenoxy) is 1. The van der Waals surface area contributed by atoms with E-state index >= 15 is 0 Å². The van der Waals surface area contributed by atoms with Crippen molar-refractivity contribution in [3.8, 4) is 0 Å². The molecule has 1 aromatic heterocycles. The van der Waals surface area contributed by atoms with E-state index in [1.165, 1.54) is 6.92 Å². The van der Waals surface area contributed by atoms with Gasteiger partial charge in [-0.3, -0.25) is 0 Å². The van der Waals surface area contributed by atoms with Gasteiger partial charge in [-0.1, -0.05) is 5.16 Å². The predicted octanol–water partition coefficient (Wildman–Crippen LogP) is 0.444. The Morgan fingerprint density at radius 1 is 1.47 bits per heavy atom. The lowest BCUT2D eigenvalue weighted by Gasteiger charge is -2.21. The monoisotopic (exact) mass is 289 g/mol. The molecule has 7 nitrogen and oxygen atoms in total. The first-order valence-electron chi connectivity index (χ1n) is 6.30. The van der Waals surface area contributed by atoms with Crippen LogP contribution >= 0.6 is 0 Å². The second kappa shape index (κ2) is 5.98. The Morgan fingerprint density at radius 2 is 2.16 bits per heavy atom. The molecule has 19 heavy (non-hydrogen) atoms. The van der Waals surface area contributed by atoms with E-state index in [0.29, 0.717) is 5.89 Å². The SMILES string of the molecule is CC(c1noc(COC2CCNCC2)n1)S(C)(=O)=O. The molecule has 8 heteroatoms. The normalized spacial score (nSPS) is 19.5. The first-order chi connectivity index (χ1) is 8.97.